The minimum absolute atomic E-state index is 0.941. The summed E-state index contributed by atoms with van der Waals surface area (Å²) in [5.41, 5.74) is 5.47. The van der Waals surface area contributed by atoms with Crippen LogP contribution < -0.4 is 10.6 Å². The maximum absolute atomic E-state index is 4.47. The Labute approximate surface area is 118 Å². The fraction of sp³-hybridized carbons (Fsp3) is 0.400. The lowest BCUT2D eigenvalue weighted by atomic mass is 10.1. The summed E-state index contributed by atoms with van der Waals surface area (Å²) in [5.74, 6) is 0. The van der Waals surface area contributed by atoms with E-state index in [4.69, 9.17) is 0 Å². The van der Waals surface area contributed by atoms with Gasteiger partial charge in [0, 0.05) is 38.0 Å². The molecule has 0 saturated carbocycles. The first kappa shape index (κ1) is 12.8. The molecule has 2 N–H and O–H groups in total. The van der Waals surface area contributed by atoms with Crippen LogP contribution in [0.2, 0.25) is 0 Å². The highest BCUT2D eigenvalue weighted by Gasteiger charge is 2.09. The van der Waals surface area contributed by atoms with Crippen LogP contribution in [0.5, 0.6) is 0 Å². The van der Waals surface area contributed by atoms with Crippen LogP contribution in [0.3, 0.4) is 0 Å². The minimum Gasteiger partial charge on any atom is -0.312 e. The molecular formula is C15H19N3S. The van der Waals surface area contributed by atoms with Crippen molar-refractivity contribution >= 4 is 11.3 Å². The monoisotopic (exact) mass is 273 g/mol. The third kappa shape index (κ3) is 3.21. The van der Waals surface area contributed by atoms with E-state index in [0.29, 0.717) is 0 Å². The van der Waals surface area contributed by atoms with E-state index >= 15 is 0 Å². The molecule has 4 heteroatoms. The van der Waals surface area contributed by atoms with Gasteiger partial charge in [0.15, 0.2) is 0 Å². The van der Waals surface area contributed by atoms with E-state index in [1.54, 1.807) is 11.3 Å². The van der Waals surface area contributed by atoms with Crippen LogP contribution in [0.1, 0.15) is 27.4 Å². The third-order valence-corrected chi connectivity index (χ3v) is 4.28. The van der Waals surface area contributed by atoms with E-state index in [-0.39, 0.29) is 0 Å². The van der Waals surface area contributed by atoms with Gasteiger partial charge in [-0.1, -0.05) is 18.2 Å². The first-order chi connectivity index (χ1) is 9.31. The second kappa shape index (κ2) is 5.82. The summed E-state index contributed by atoms with van der Waals surface area (Å²) in [6.45, 7) is 6.02. The molecular weight excluding hydrogens is 254 g/mol. The van der Waals surface area contributed by atoms with Crippen LogP contribution in [0.4, 0.5) is 0 Å². The molecule has 2 aromatic rings. The summed E-state index contributed by atoms with van der Waals surface area (Å²) in [6.07, 6.45) is 1.01. The number of benzene rings is 1. The largest absolute Gasteiger partial charge is 0.312 e. The average Bonchev–Trinajstić information content (AvgIpc) is 3.03. The summed E-state index contributed by atoms with van der Waals surface area (Å²) in [7, 11) is 0. The van der Waals surface area contributed by atoms with Gasteiger partial charge in [-0.05, 0) is 23.6 Å². The lowest BCUT2D eigenvalue weighted by Crippen LogP contribution is -2.17. The molecule has 3 rings (SSSR count). The maximum Gasteiger partial charge on any atom is 0.0897 e. The van der Waals surface area contributed by atoms with Crippen molar-refractivity contribution in [1.29, 1.82) is 0 Å². The predicted molar refractivity (Wildman–Crippen MR) is 79.2 cm³/mol. The second-order valence-corrected chi connectivity index (χ2v) is 6.05. The van der Waals surface area contributed by atoms with Gasteiger partial charge in [0.05, 0.1) is 10.7 Å². The molecule has 0 aliphatic carbocycles. The Balaban J connectivity index is 1.47. The zero-order chi connectivity index (χ0) is 13.1. The number of aromatic nitrogens is 1. The van der Waals surface area contributed by atoms with Crippen molar-refractivity contribution in [3.05, 3.63) is 51.0 Å². The van der Waals surface area contributed by atoms with Crippen LogP contribution in [0.15, 0.2) is 23.6 Å². The van der Waals surface area contributed by atoms with E-state index in [1.807, 2.05) is 0 Å². The summed E-state index contributed by atoms with van der Waals surface area (Å²) >= 11 is 1.73. The van der Waals surface area contributed by atoms with Crippen LogP contribution in [0, 0.1) is 6.92 Å². The number of nitrogens with zero attached hydrogens (tertiary/aromatic N) is 1. The molecule has 3 nitrogen and oxygen atoms in total. The Morgan fingerprint density at radius 1 is 1.32 bits per heavy atom. The Morgan fingerprint density at radius 2 is 2.21 bits per heavy atom. The van der Waals surface area contributed by atoms with Gasteiger partial charge in [-0.2, -0.15) is 0 Å². The molecule has 0 atom stereocenters. The molecule has 1 aliphatic heterocycles. The van der Waals surface area contributed by atoms with Gasteiger partial charge < -0.3 is 10.6 Å². The van der Waals surface area contributed by atoms with E-state index in [2.05, 4.69) is 46.1 Å². The average molecular weight is 273 g/mol. The van der Waals surface area contributed by atoms with Crippen molar-refractivity contribution < 1.29 is 0 Å². The summed E-state index contributed by atoms with van der Waals surface area (Å²) < 4.78 is 0. The second-order valence-electron chi connectivity index (χ2n) is 4.99. The Kier molecular flexibility index (Phi) is 3.92. The molecule has 19 heavy (non-hydrogen) atoms. The van der Waals surface area contributed by atoms with Gasteiger partial charge in [-0.15, -0.1) is 11.3 Å². The lowest BCUT2D eigenvalue weighted by Gasteiger charge is -2.06. The number of hydrogen-bond donors (Lipinski definition) is 2. The van der Waals surface area contributed by atoms with Crippen LogP contribution >= 0.6 is 11.3 Å². The molecule has 100 valence electrons. The Morgan fingerprint density at radius 3 is 3.05 bits per heavy atom. The summed E-state index contributed by atoms with van der Waals surface area (Å²) in [6, 6.07) is 6.79. The number of fused-ring (bicyclic) bond motifs is 1. The van der Waals surface area contributed by atoms with E-state index in [1.165, 1.54) is 22.4 Å². The number of aryl methyl sites for hydroxylation is 1. The van der Waals surface area contributed by atoms with E-state index in [0.717, 1.165) is 37.6 Å². The highest BCUT2D eigenvalue weighted by atomic mass is 32.1. The van der Waals surface area contributed by atoms with Crippen LogP contribution in [-0.4, -0.2) is 11.5 Å². The first-order valence-electron chi connectivity index (χ1n) is 6.74. The first-order valence-corrected chi connectivity index (χ1v) is 7.62. The van der Waals surface area contributed by atoms with Crippen LogP contribution in [-0.2, 0) is 26.1 Å². The molecule has 0 spiro atoms. The number of thiazole rings is 1. The van der Waals surface area contributed by atoms with Crippen molar-refractivity contribution in [2.45, 2.75) is 33.0 Å². The fourth-order valence-corrected chi connectivity index (χ4v) is 3.08. The van der Waals surface area contributed by atoms with E-state index < -0.39 is 0 Å². The highest BCUT2D eigenvalue weighted by molar-refractivity contribution is 7.09. The molecule has 0 fully saturated rings. The predicted octanol–water partition coefficient (Wildman–Crippen LogP) is 2.39. The highest BCUT2D eigenvalue weighted by Crippen LogP contribution is 2.16. The van der Waals surface area contributed by atoms with Gasteiger partial charge in [0.25, 0.3) is 0 Å². The van der Waals surface area contributed by atoms with Gasteiger partial charge in [-0.25, -0.2) is 4.98 Å². The molecule has 0 saturated heterocycles. The zero-order valence-electron chi connectivity index (χ0n) is 11.2. The van der Waals surface area contributed by atoms with Crippen molar-refractivity contribution in [2.75, 3.05) is 6.54 Å². The van der Waals surface area contributed by atoms with Crippen molar-refractivity contribution in [3.8, 4) is 0 Å². The standard InChI is InChI=1S/C15H19N3S/c1-11-18-15(10-19-11)4-5-16-7-12-2-3-13-8-17-9-14(13)6-12/h2-3,6,10,16-17H,4-5,7-9H2,1H3. The fourth-order valence-electron chi connectivity index (χ4n) is 2.43. The van der Waals surface area contributed by atoms with Crippen molar-refractivity contribution in [3.63, 3.8) is 0 Å². The molecule has 0 unspecified atom stereocenters. The minimum atomic E-state index is 0.941. The number of rotatable bonds is 5. The molecule has 1 aromatic heterocycles. The molecule has 0 radical (unpaired) electrons. The van der Waals surface area contributed by atoms with E-state index in [9.17, 15) is 0 Å². The molecule has 0 bridgehead atoms. The number of nitrogens with one attached hydrogen (secondary N) is 2. The van der Waals surface area contributed by atoms with Crippen molar-refractivity contribution in [2.24, 2.45) is 0 Å². The normalized spacial score (nSPS) is 13.7. The molecule has 2 heterocycles. The molecule has 0 amide bonds. The maximum atomic E-state index is 4.47. The van der Waals surface area contributed by atoms with Gasteiger partial charge in [-0.3, -0.25) is 0 Å². The Bertz CT molecular complexity index is 562. The smallest absolute Gasteiger partial charge is 0.0897 e. The van der Waals surface area contributed by atoms with Gasteiger partial charge >= 0.3 is 0 Å². The van der Waals surface area contributed by atoms with Crippen LogP contribution in [0.25, 0.3) is 0 Å². The molecule has 1 aromatic carbocycles. The third-order valence-electron chi connectivity index (χ3n) is 3.46. The Hall–Kier alpha value is -1.23. The topological polar surface area (TPSA) is 37.0 Å². The number of hydrogen-bond acceptors (Lipinski definition) is 4. The lowest BCUT2D eigenvalue weighted by molar-refractivity contribution is 0.680. The summed E-state index contributed by atoms with van der Waals surface area (Å²) in [5, 5.41) is 10.2. The van der Waals surface area contributed by atoms with Gasteiger partial charge in [0.2, 0.25) is 0 Å². The van der Waals surface area contributed by atoms with Gasteiger partial charge in [0.1, 0.15) is 0 Å². The zero-order valence-corrected chi connectivity index (χ0v) is 12.0. The summed E-state index contributed by atoms with van der Waals surface area (Å²) in [4.78, 5) is 4.47. The SMILES string of the molecule is Cc1nc(CCNCc2ccc3c(c2)CNC3)cs1. The quantitative estimate of drug-likeness (QED) is 0.821. The van der Waals surface area contributed by atoms with Crippen molar-refractivity contribution in [1.82, 2.24) is 15.6 Å². The molecule has 1 aliphatic rings.